The smallest absolute Gasteiger partial charge is 0.287 e. The second-order valence-corrected chi connectivity index (χ2v) is 7.19. The maximum absolute atomic E-state index is 12.5. The van der Waals surface area contributed by atoms with Crippen molar-refractivity contribution in [3.05, 3.63) is 69.4 Å². The van der Waals surface area contributed by atoms with Gasteiger partial charge in [0, 0.05) is 29.4 Å². The standard InChI is InChI=1S/C20H21Cl2N3O3/c1-4-25-10-16(13(3)24-25)12(2)23-20(26)18-8-6-15(28-18)11-27-19-9-14(21)5-7-17(19)22/h5-10,12H,4,11H2,1-3H3,(H,23,26). The van der Waals surface area contributed by atoms with Crippen LogP contribution in [0.3, 0.4) is 0 Å². The third-order valence-electron chi connectivity index (χ3n) is 4.27. The molecule has 2 aromatic heterocycles. The Hall–Kier alpha value is -2.44. The van der Waals surface area contributed by atoms with Gasteiger partial charge in [-0.05, 0) is 45.0 Å². The normalized spacial score (nSPS) is 12.0. The number of carbonyl (C=O) groups excluding carboxylic acids is 1. The molecule has 1 amide bonds. The molecule has 0 radical (unpaired) electrons. The molecule has 0 fully saturated rings. The Kier molecular flexibility index (Phi) is 6.31. The van der Waals surface area contributed by atoms with Crippen LogP contribution in [0.1, 0.15) is 47.5 Å². The minimum atomic E-state index is -0.303. The van der Waals surface area contributed by atoms with E-state index in [1.165, 1.54) is 0 Å². The summed E-state index contributed by atoms with van der Waals surface area (Å²) in [6, 6.07) is 8.08. The molecule has 0 spiro atoms. The number of hydrogen-bond donors (Lipinski definition) is 1. The van der Waals surface area contributed by atoms with E-state index in [-0.39, 0.29) is 24.3 Å². The molecular formula is C20H21Cl2N3O3. The largest absolute Gasteiger partial charge is 0.484 e. The van der Waals surface area contributed by atoms with Crippen molar-refractivity contribution in [2.24, 2.45) is 0 Å². The zero-order valence-electron chi connectivity index (χ0n) is 15.8. The number of carbonyl (C=O) groups is 1. The van der Waals surface area contributed by atoms with Crippen LogP contribution in [-0.2, 0) is 13.2 Å². The predicted molar refractivity (Wildman–Crippen MR) is 108 cm³/mol. The quantitative estimate of drug-likeness (QED) is 0.570. The Bertz CT molecular complexity index is 981. The monoisotopic (exact) mass is 421 g/mol. The Morgan fingerprint density at radius 2 is 2.11 bits per heavy atom. The molecule has 0 aliphatic heterocycles. The average molecular weight is 422 g/mol. The lowest BCUT2D eigenvalue weighted by molar-refractivity contribution is 0.0907. The van der Waals surface area contributed by atoms with Gasteiger partial charge in [0.05, 0.1) is 16.8 Å². The fraction of sp³-hybridized carbons (Fsp3) is 0.300. The van der Waals surface area contributed by atoms with Gasteiger partial charge in [0.2, 0.25) is 0 Å². The number of benzene rings is 1. The van der Waals surface area contributed by atoms with E-state index in [9.17, 15) is 4.79 Å². The number of ether oxygens (including phenoxy) is 1. The fourth-order valence-electron chi connectivity index (χ4n) is 2.78. The molecule has 2 heterocycles. The van der Waals surface area contributed by atoms with Crippen molar-refractivity contribution in [3.63, 3.8) is 0 Å². The van der Waals surface area contributed by atoms with E-state index in [1.54, 1.807) is 30.3 Å². The van der Waals surface area contributed by atoms with E-state index < -0.39 is 0 Å². The summed E-state index contributed by atoms with van der Waals surface area (Å²) in [5.74, 6) is 0.865. The molecule has 1 atom stereocenters. The third kappa shape index (κ3) is 4.69. The minimum absolute atomic E-state index is 0.130. The van der Waals surface area contributed by atoms with Gasteiger partial charge in [0.1, 0.15) is 18.1 Å². The second kappa shape index (κ2) is 8.71. The Balaban J connectivity index is 1.62. The van der Waals surface area contributed by atoms with Crippen molar-refractivity contribution in [2.45, 2.75) is 40.0 Å². The van der Waals surface area contributed by atoms with Crippen LogP contribution in [0.2, 0.25) is 10.0 Å². The van der Waals surface area contributed by atoms with Gasteiger partial charge in [-0.1, -0.05) is 23.2 Å². The Morgan fingerprint density at radius 1 is 1.32 bits per heavy atom. The highest BCUT2D eigenvalue weighted by Crippen LogP contribution is 2.28. The van der Waals surface area contributed by atoms with Gasteiger partial charge in [0.15, 0.2) is 5.76 Å². The van der Waals surface area contributed by atoms with E-state index in [4.69, 9.17) is 32.4 Å². The first kappa shape index (κ1) is 20.3. The van der Waals surface area contributed by atoms with Crippen molar-refractivity contribution >= 4 is 29.1 Å². The number of amides is 1. The van der Waals surface area contributed by atoms with E-state index >= 15 is 0 Å². The molecule has 0 bridgehead atoms. The molecular weight excluding hydrogens is 401 g/mol. The maximum Gasteiger partial charge on any atom is 0.287 e. The third-order valence-corrected chi connectivity index (χ3v) is 4.82. The molecule has 1 N–H and O–H groups in total. The fourth-order valence-corrected chi connectivity index (χ4v) is 3.11. The van der Waals surface area contributed by atoms with Crippen LogP contribution in [0.25, 0.3) is 0 Å². The van der Waals surface area contributed by atoms with Crippen molar-refractivity contribution < 1.29 is 13.9 Å². The molecule has 28 heavy (non-hydrogen) atoms. The Morgan fingerprint density at radius 3 is 2.82 bits per heavy atom. The summed E-state index contributed by atoms with van der Waals surface area (Å²) < 4.78 is 13.1. The molecule has 1 unspecified atom stereocenters. The summed E-state index contributed by atoms with van der Waals surface area (Å²) >= 11 is 12.0. The molecule has 148 valence electrons. The summed E-state index contributed by atoms with van der Waals surface area (Å²) in [6.45, 7) is 6.76. The summed E-state index contributed by atoms with van der Waals surface area (Å²) in [4.78, 5) is 12.5. The topological polar surface area (TPSA) is 69.3 Å². The highest BCUT2D eigenvalue weighted by atomic mass is 35.5. The summed E-state index contributed by atoms with van der Waals surface area (Å²) in [5, 5.41) is 8.31. The number of rotatable bonds is 7. The van der Waals surface area contributed by atoms with Gasteiger partial charge in [-0.2, -0.15) is 5.10 Å². The van der Waals surface area contributed by atoms with Crippen molar-refractivity contribution in [3.8, 4) is 5.75 Å². The SMILES string of the molecule is CCn1cc(C(C)NC(=O)c2ccc(COc3cc(Cl)ccc3Cl)o2)c(C)n1. The first-order valence-electron chi connectivity index (χ1n) is 8.88. The van der Waals surface area contributed by atoms with Gasteiger partial charge in [-0.15, -0.1) is 0 Å². The molecule has 3 aromatic rings. The first-order chi connectivity index (χ1) is 13.4. The number of nitrogens with one attached hydrogen (secondary N) is 1. The predicted octanol–water partition coefficient (Wildman–Crippen LogP) is 5.18. The van der Waals surface area contributed by atoms with Crippen LogP contribution in [0, 0.1) is 6.92 Å². The van der Waals surface area contributed by atoms with Crippen LogP contribution in [0.4, 0.5) is 0 Å². The molecule has 6 nitrogen and oxygen atoms in total. The van der Waals surface area contributed by atoms with Gasteiger partial charge >= 0.3 is 0 Å². The second-order valence-electron chi connectivity index (χ2n) is 6.35. The van der Waals surface area contributed by atoms with Crippen molar-refractivity contribution in [1.82, 2.24) is 15.1 Å². The summed E-state index contributed by atoms with van der Waals surface area (Å²) in [5.41, 5.74) is 1.86. The maximum atomic E-state index is 12.5. The van der Waals surface area contributed by atoms with Crippen LogP contribution in [0.5, 0.6) is 5.75 Å². The first-order valence-corrected chi connectivity index (χ1v) is 9.64. The lowest BCUT2D eigenvalue weighted by atomic mass is 10.1. The molecule has 0 saturated heterocycles. The van der Waals surface area contributed by atoms with Gasteiger partial charge < -0.3 is 14.5 Å². The highest BCUT2D eigenvalue weighted by Gasteiger charge is 2.18. The zero-order valence-corrected chi connectivity index (χ0v) is 17.3. The molecule has 0 aliphatic carbocycles. The molecule has 0 saturated carbocycles. The van der Waals surface area contributed by atoms with E-state index in [0.717, 1.165) is 17.8 Å². The van der Waals surface area contributed by atoms with Crippen molar-refractivity contribution in [1.29, 1.82) is 0 Å². The lowest BCUT2D eigenvalue weighted by Gasteiger charge is -2.12. The van der Waals surface area contributed by atoms with Crippen LogP contribution in [-0.4, -0.2) is 15.7 Å². The van der Waals surface area contributed by atoms with E-state index in [0.29, 0.717) is 21.6 Å². The van der Waals surface area contributed by atoms with Crippen LogP contribution < -0.4 is 10.1 Å². The average Bonchev–Trinajstić information content (AvgIpc) is 3.29. The van der Waals surface area contributed by atoms with E-state index in [1.807, 2.05) is 31.6 Å². The minimum Gasteiger partial charge on any atom is -0.484 e. The number of aryl methyl sites for hydroxylation is 2. The van der Waals surface area contributed by atoms with Gasteiger partial charge in [0.25, 0.3) is 5.91 Å². The molecule has 0 aliphatic rings. The number of hydrogen-bond acceptors (Lipinski definition) is 4. The molecule has 8 heteroatoms. The number of halogens is 2. The van der Waals surface area contributed by atoms with Gasteiger partial charge in [-0.25, -0.2) is 0 Å². The molecule has 1 aromatic carbocycles. The zero-order chi connectivity index (χ0) is 20.3. The van der Waals surface area contributed by atoms with Crippen LogP contribution >= 0.6 is 23.2 Å². The number of nitrogens with zero attached hydrogens (tertiary/aromatic N) is 2. The Labute approximate surface area is 173 Å². The molecule has 3 rings (SSSR count). The highest BCUT2D eigenvalue weighted by molar-refractivity contribution is 6.34. The van der Waals surface area contributed by atoms with Crippen LogP contribution in [0.15, 0.2) is 40.9 Å². The van der Waals surface area contributed by atoms with Crippen molar-refractivity contribution in [2.75, 3.05) is 0 Å². The number of furan rings is 1. The number of aromatic nitrogens is 2. The summed E-state index contributed by atoms with van der Waals surface area (Å²) in [7, 11) is 0. The summed E-state index contributed by atoms with van der Waals surface area (Å²) in [6.07, 6.45) is 1.94. The lowest BCUT2D eigenvalue weighted by Crippen LogP contribution is -2.26. The van der Waals surface area contributed by atoms with Gasteiger partial charge in [-0.3, -0.25) is 9.48 Å². The van der Waals surface area contributed by atoms with E-state index in [2.05, 4.69) is 10.4 Å².